The average Bonchev–Trinajstić information content (AvgIpc) is 3.32. The molecule has 1 saturated carbocycles. The van der Waals surface area contributed by atoms with E-state index in [0.717, 1.165) is 24.0 Å². The lowest BCUT2D eigenvalue weighted by molar-refractivity contribution is -0.117. The van der Waals surface area contributed by atoms with Gasteiger partial charge in [0.15, 0.2) is 0 Å². The topological polar surface area (TPSA) is 29.1 Å². The van der Waals surface area contributed by atoms with Gasteiger partial charge < -0.3 is 5.32 Å². The molecular formula is C18H16ClNOS. The molecule has 2 nitrogen and oxygen atoms in total. The number of rotatable bonds is 2. The zero-order valence-corrected chi connectivity index (χ0v) is 13.5. The molecule has 0 bridgehead atoms. The second kappa shape index (κ2) is 6.19. The normalized spacial score (nSPS) is 18.6. The van der Waals surface area contributed by atoms with Crippen LogP contribution in [0.2, 0.25) is 0 Å². The molecule has 0 aromatic heterocycles. The number of carbonyl (C=O) groups is 1. The number of amides is 1. The van der Waals surface area contributed by atoms with Crippen molar-refractivity contribution in [1.29, 1.82) is 0 Å². The van der Waals surface area contributed by atoms with Gasteiger partial charge in [0.05, 0.1) is 0 Å². The van der Waals surface area contributed by atoms with Crippen molar-refractivity contribution in [1.82, 2.24) is 5.32 Å². The third-order valence-electron chi connectivity index (χ3n) is 3.81. The lowest BCUT2D eigenvalue weighted by Crippen LogP contribution is -2.26. The number of allylic oxidation sites excluding steroid dienone is 2. The van der Waals surface area contributed by atoms with Crippen LogP contribution < -0.4 is 5.32 Å². The lowest BCUT2D eigenvalue weighted by atomic mass is 10.1. The summed E-state index contributed by atoms with van der Waals surface area (Å²) in [5, 5.41) is 5.00. The van der Waals surface area contributed by atoms with Crippen LogP contribution in [0.1, 0.15) is 24.0 Å². The van der Waals surface area contributed by atoms with Crippen molar-refractivity contribution in [3.05, 3.63) is 69.0 Å². The van der Waals surface area contributed by atoms with Crippen molar-refractivity contribution in [3.63, 3.8) is 0 Å². The van der Waals surface area contributed by atoms with Crippen LogP contribution in [0.25, 0.3) is 12.2 Å². The monoisotopic (exact) mass is 329 g/mol. The molecule has 1 heterocycles. The molecule has 1 amide bonds. The van der Waals surface area contributed by atoms with E-state index < -0.39 is 0 Å². The predicted molar refractivity (Wildman–Crippen MR) is 95.6 cm³/mol. The molecule has 1 aliphatic heterocycles. The van der Waals surface area contributed by atoms with Crippen LogP contribution in [0, 0.1) is 0 Å². The molecule has 1 aromatic carbocycles. The summed E-state index contributed by atoms with van der Waals surface area (Å²) >= 11 is 1.63. The van der Waals surface area contributed by atoms with Gasteiger partial charge >= 0.3 is 0 Å². The van der Waals surface area contributed by atoms with Crippen molar-refractivity contribution < 1.29 is 4.79 Å². The highest BCUT2D eigenvalue weighted by Crippen LogP contribution is 2.37. The second-order valence-electron chi connectivity index (χ2n) is 5.51. The molecule has 3 aliphatic rings. The summed E-state index contributed by atoms with van der Waals surface area (Å²) in [6, 6.07) is 8.73. The highest BCUT2D eigenvalue weighted by atomic mass is 35.5. The molecule has 22 heavy (non-hydrogen) atoms. The van der Waals surface area contributed by atoms with Gasteiger partial charge in [-0.25, -0.2) is 0 Å². The van der Waals surface area contributed by atoms with Gasteiger partial charge in [-0.2, -0.15) is 0 Å². The van der Waals surface area contributed by atoms with Crippen molar-refractivity contribution in [2.75, 3.05) is 0 Å². The molecule has 0 saturated heterocycles. The summed E-state index contributed by atoms with van der Waals surface area (Å²) in [5.74, 6) is 0.0479. The summed E-state index contributed by atoms with van der Waals surface area (Å²) in [7, 11) is 0. The minimum Gasteiger partial charge on any atom is -0.349 e. The minimum absolute atomic E-state index is 0. The maximum atomic E-state index is 12.1. The summed E-state index contributed by atoms with van der Waals surface area (Å²) in [5.41, 5.74) is 4.30. The van der Waals surface area contributed by atoms with Gasteiger partial charge in [-0.15, -0.1) is 12.4 Å². The summed E-state index contributed by atoms with van der Waals surface area (Å²) < 4.78 is 0. The number of carbonyl (C=O) groups excluding carboxylic acids is 1. The van der Waals surface area contributed by atoms with Gasteiger partial charge in [0.2, 0.25) is 0 Å². The first-order valence-corrected chi connectivity index (χ1v) is 8.06. The average molecular weight is 330 g/mol. The molecule has 4 rings (SSSR count). The van der Waals surface area contributed by atoms with Crippen molar-refractivity contribution in [2.45, 2.75) is 18.9 Å². The van der Waals surface area contributed by atoms with Crippen molar-refractivity contribution in [2.24, 2.45) is 0 Å². The second-order valence-corrected chi connectivity index (χ2v) is 6.42. The molecule has 0 atom stereocenters. The third-order valence-corrected chi connectivity index (χ3v) is 4.79. The molecule has 0 spiro atoms. The fourth-order valence-corrected chi connectivity index (χ4v) is 3.33. The van der Waals surface area contributed by atoms with Gasteiger partial charge in [-0.1, -0.05) is 48.2 Å². The first-order valence-electron chi connectivity index (χ1n) is 7.18. The SMILES string of the molecule is Cl.O=C(NC1CC1)C1=CSC2=Cc3ccccc3C=CC2=C1. The largest absolute Gasteiger partial charge is 0.349 e. The zero-order chi connectivity index (χ0) is 14.2. The van der Waals surface area contributed by atoms with E-state index in [1.165, 1.54) is 16.0 Å². The van der Waals surface area contributed by atoms with E-state index in [1.54, 1.807) is 11.8 Å². The number of fused-ring (bicyclic) bond motifs is 2. The number of hydrogen-bond donors (Lipinski definition) is 1. The van der Waals surface area contributed by atoms with Crippen LogP contribution in [0.15, 0.2) is 57.9 Å². The van der Waals surface area contributed by atoms with Crippen LogP contribution in [-0.4, -0.2) is 11.9 Å². The highest BCUT2D eigenvalue weighted by molar-refractivity contribution is 8.06. The molecular weight excluding hydrogens is 314 g/mol. The Morgan fingerprint density at radius 1 is 1.09 bits per heavy atom. The lowest BCUT2D eigenvalue weighted by Gasteiger charge is -2.13. The number of nitrogens with one attached hydrogen (secondary N) is 1. The van der Waals surface area contributed by atoms with E-state index in [1.807, 2.05) is 17.6 Å². The zero-order valence-electron chi connectivity index (χ0n) is 11.9. The van der Waals surface area contributed by atoms with E-state index in [4.69, 9.17) is 0 Å². The van der Waals surface area contributed by atoms with E-state index in [-0.39, 0.29) is 18.3 Å². The van der Waals surface area contributed by atoms with Crippen molar-refractivity contribution in [3.8, 4) is 0 Å². The van der Waals surface area contributed by atoms with Crippen LogP contribution in [-0.2, 0) is 4.79 Å². The van der Waals surface area contributed by atoms with Crippen LogP contribution >= 0.6 is 24.2 Å². The summed E-state index contributed by atoms with van der Waals surface area (Å²) in [6.07, 6.45) is 10.6. The van der Waals surface area contributed by atoms with E-state index in [9.17, 15) is 4.79 Å². The first kappa shape index (κ1) is 15.2. The molecule has 1 aromatic rings. The van der Waals surface area contributed by atoms with Gasteiger partial charge in [0.1, 0.15) is 0 Å². The van der Waals surface area contributed by atoms with E-state index >= 15 is 0 Å². The van der Waals surface area contributed by atoms with Crippen LogP contribution in [0.4, 0.5) is 0 Å². The number of hydrogen-bond acceptors (Lipinski definition) is 2. The Morgan fingerprint density at radius 3 is 2.64 bits per heavy atom. The molecule has 0 radical (unpaired) electrons. The Labute approximate surface area is 140 Å². The molecule has 112 valence electrons. The number of halogens is 1. The first-order chi connectivity index (χ1) is 10.3. The number of thioether (sulfide) groups is 1. The van der Waals surface area contributed by atoms with Crippen LogP contribution in [0.5, 0.6) is 0 Å². The van der Waals surface area contributed by atoms with Gasteiger partial charge in [0.25, 0.3) is 5.91 Å². The Kier molecular flexibility index (Phi) is 4.27. The van der Waals surface area contributed by atoms with E-state index in [2.05, 4.69) is 41.7 Å². The highest BCUT2D eigenvalue weighted by Gasteiger charge is 2.25. The summed E-state index contributed by atoms with van der Waals surface area (Å²) in [6.45, 7) is 0. The molecule has 1 fully saturated rings. The maximum absolute atomic E-state index is 12.1. The van der Waals surface area contributed by atoms with Gasteiger partial charge in [-0.05, 0) is 47.1 Å². The molecule has 4 heteroatoms. The third kappa shape index (κ3) is 3.06. The smallest absolute Gasteiger partial charge is 0.252 e. The van der Waals surface area contributed by atoms with E-state index in [0.29, 0.717) is 6.04 Å². The maximum Gasteiger partial charge on any atom is 0.252 e. The van der Waals surface area contributed by atoms with Crippen LogP contribution in [0.3, 0.4) is 0 Å². The molecule has 0 unspecified atom stereocenters. The van der Waals surface area contributed by atoms with Gasteiger partial charge in [-0.3, -0.25) is 4.79 Å². The Bertz CT molecular complexity index is 741. The number of benzene rings is 1. The minimum atomic E-state index is 0. The van der Waals surface area contributed by atoms with Gasteiger partial charge in [0, 0.05) is 16.5 Å². The predicted octanol–water partition coefficient (Wildman–Crippen LogP) is 4.31. The fraction of sp³-hybridized carbons (Fsp3) is 0.167. The van der Waals surface area contributed by atoms with Crippen molar-refractivity contribution >= 4 is 42.2 Å². The standard InChI is InChI=1S/C18H15NOS.ClH/c20-18(19-16-7-8-16)15-9-14-6-5-12-3-1-2-4-13(12)10-17(14)21-11-15;/h1-6,9-11,16H,7-8H2,(H,19,20);1H. The Morgan fingerprint density at radius 2 is 1.86 bits per heavy atom. The Balaban J connectivity index is 0.00000144. The molecule has 2 aliphatic carbocycles. The quantitative estimate of drug-likeness (QED) is 0.876. The summed E-state index contributed by atoms with van der Waals surface area (Å²) in [4.78, 5) is 13.3. The fourth-order valence-electron chi connectivity index (χ4n) is 2.45. The Hall–Kier alpha value is -1.71. The molecule has 1 N–H and O–H groups in total.